The van der Waals surface area contributed by atoms with E-state index in [2.05, 4.69) is 10.2 Å². The van der Waals surface area contributed by atoms with Crippen LogP contribution in [0.25, 0.3) is 0 Å². The number of amidine groups is 1. The van der Waals surface area contributed by atoms with Crippen LogP contribution >= 0.6 is 0 Å². The lowest BCUT2D eigenvalue weighted by molar-refractivity contribution is 0.449. The number of nitrogens with one attached hydrogen (secondary N) is 1. The lowest BCUT2D eigenvalue weighted by Gasteiger charge is -2.13. The number of hydrogen-bond donors (Lipinski definition) is 2. The molecule has 1 heterocycles. The highest BCUT2D eigenvalue weighted by Gasteiger charge is 2.16. The smallest absolute Gasteiger partial charge is 0.250 e. The van der Waals surface area contributed by atoms with Crippen LogP contribution in [0, 0.1) is 26.2 Å². The van der Waals surface area contributed by atoms with Crippen LogP contribution < -0.4 is 10.5 Å². The second kappa shape index (κ2) is 5.06. The van der Waals surface area contributed by atoms with Gasteiger partial charge in [-0.25, -0.2) is 0 Å². The molecule has 1 aromatic heterocycles. The Kier molecular flexibility index (Phi) is 3.46. The Hall–Kier alpha value is -2.43. The summed E-state index contributed by atoms with van der Waals surface area (Å²) < 4.78 is 5.74. The van der Waals surface area contributed by atoms with Gasteiger partial charge in [0.15, 0.2) is 0 Å². The largest absolute Gasteiger partial charge is 0.437 e. The maximum Gasteiger partial charge on any atom is 0.250 e. The van der Waals surface area contributed by atoms with Crippen molar-refractivity contribution < 1.29 is 4.74 Å². The molecule has 1 aromatic carbocycles. The summed E-state index contributed by atoms with van der Waals surface area (Å²) in [5.41, 5.74) is 8.64. The first kappa shape index (κ1) is 13.0. The van der Waals surface area contributed by atoms with Crippen molar-refractivity contribution in [2.45, 2.75) is 20.8 Å². The van der Waals surface area contributed by atoms with E-state index in [1.54, 1.807) is 0 Å². The molecule has 0 aliphatic carbocycles. The van der Waals surface area contributed by atoms with Crippen molar-refractivity contribution in [2.24, 2.45) is 5.73 Å². The number of para-hydroxylation sites is 1. The molecule has 5 nitrogen and oxygen atoms in total. The Bertz CT molecular complexity index is 637. The number of ether oxygens (including phenoxy) is 1. The Morgan fingerprint density at radius 2 is 1.84 bits per heavy atom. The van der Waals surface area contributed by atoms with E-state index in [1.165, 1.54) is 0 Å². The highest BCUT2D eigenvalue weighted by atomic mass is 16.5. The first-order valence-corrected chi connectivity index (χ1v) is 5.92. The third-order valence-electron chi connectivity index (χ3n) is 2.99. The molecule has 3 N–H and O–H groups in total. The highest BCUT2D eigenvalue weighted by molar-refractivity contribution is 5.98. The number of aromatic nitrogens is 2. The average molecular weight is 256 g/mol. The van der Waals surface area contributed by atoms with Gasteiger partial charge in [0.05, 0.1) is 11.3 Å². The van der Waals surface area contributed by atoms with E-state index < -0.39 is 0 Å². The zero-order valence-electron chi connectivity index (χ0n) is 11.2. The number of nitrogens with zero attached hydrogens (tertiary/aromatic N) is 2. The monoisotopic (exact) mass is 256 g/mol. The number of nitrogen functional groups attached to an aromatic ring is 1. The minimum Gasteiger partial charge on any atom is -0.437 e. The van der Waals surface area contributed by atoms with Crippen molar-refractivity contribution in [1.82, 2.24) is 10.2 Å². The van der Waals surface area contributed by atoms with Crippen molar-refractivity contribution in [3.05, 3.63) is 46.6 Å². The third kappa shape index (κ3) is 2.54. The van der Waals surface area contributed by atoms with Gasteiger partial charge in [0, 0.05) is 0 Å². The van der Waals surface area contributed by atoms with E-state index >= 15 is 0 Å². The van der Waals surface area contributed by atoms with E-state index in [1.807, 2.05) is 45.0 Å². The second-order valence-corrected chi connectivity index (χ2v) is 4.37. The maximum absolute atomic E-state index is 7.66. The fourth-order valence-electron chi connectivity index (χ4n) is 1.75. The Balaban J connectivity index is 2.49. The molecule has 19 heavy (non-hydrogen) atoms. The maximum atomic E-state index is 7.66. The van der Waals surface area contributed by atoms with Crippen molar-refractivity contribution in [3.63, 3.8) is 0 Å². The molecular formula is C14H16N4O. The summed E-state index contributed by atoms with van der Waals surface area (Å²) in [5, 5.41) is 15.7. The van der Waals surface area contributed by atoms with Gasteiger partial charge in [-0.05, 0) is 38.0 Å². The number of rotatable bonds is 3. The molecule has 98 valence electrons. The van der Waals surface area contributed by atoms with Crippen molar-refractivity contribution in [2.75, 3.05) is 0 Å². The molecule has 5 heteroatoms. The molecule has 0 atom stereocenters. The molecule has 0 radical (unpaired) electrons. The molecule has 0 amide bonds. The molecule has 0 bridgehead atoms. The molecular weight excluding hydrogens is 240 g/mol. The average Bonchev–Trinajstić information content (AvgIpc) is 2.36. The van der Waals surface area contributed by atoms with Crippen LogP contribution in [0.5, 0.6) is 11.6 Å². The van der Waals surface area contributed by atoms with Crippen molar-refractivity contribution >= 4 is 5.84 Å². The molecule has 0 saturated heterocycles. The summed E-state index contributed by atoms with van der Waals surface area (Å²) in [7, 11) is 0. The molecule has 2 aromatic rings. The van der Waals surface area contributed by atoms with E-state index in [0.717, 1.165) is 16.8 Å². The summed E-state index contributed by atoms with van der Waals surface area (Å²) in [5.74, 6) is 0.881. The van der Waals surface area contributed by atoms with Crippen LogP contribution in [0.4, 0.5) is 0 Å². The zero-order valence-corrected chi connectivity index (χ0v) is 11.2. The summed E-state index contributed by atoms with van der Waals surface area (Å²) in [6.45, 7) is 5.62. The van der Waals surface area contributed by atoms with Crippen LogP contribution in [0.15, 0.2) is 24.3 Å². The normalized spacial score (nSPS) is 10.3. The van der Waals surface area contributed by atoms with Gasteiger partial charge in [-0.2, -0.15) is 5.10 Å². The van der Waals surface area contributed by atoms with Crippen LogP contribution in [0.2, 0.25) is 0 Å². The van der Waals surface area contributed by atoms with E-state index in [0.29, 0.717) is 11.3 Å². The van der Waals surface area contributed by atoms with Gasteiger partial charge in [-0.15, -0.1) is 5.10 Å². The second-order valence-electron chi connectivity index (χ2n) is 4.37. The molecule has 0 fully saturated rings. The Morgan fingerprint density at radius 1 is 1.16 bits per heavy atom. The summed E-state index contributed by atoms with van der Waals surface area (Å²) >= 11 is 0. The summed E-state index contributed by atoms with van der Waals surface area (Å²) in [6, 6.07) is 7.60. The first-order valence-electron chi connectivity index (χ1n) is 5.92. The Labute approximate surface area is 111 Å². The molecule has 0 aliphatic rings. The lowest BCUT2D eigenvalue weighted by Crippen LogP contribution is -2.16. The zero-order chi connectivity index (χ0) is 14.0. The molecule has 0 aliphatic heterocycles. The fraction of sp³-hybridized carbons (Fsp3) is 0.214. The minimum atomic E-state index is -0.0703. The van der Waals surface area contributed by atoms with Gasteiger partial charge in [0.2, 0.25) is 5.88 Å². The van der Waals surface area contributed by atoms with Gasteiger partial charge < -0.3 is 10.5 Å². The molecule has 0 unspecified atom stereocenters. The van der Waals surface area contributed by atoms with E-state index in [9.17, 15) is 0 Å². The minimum absolute atomic E-state index is 0.0703. The summed E-state index contributed by atoms with van der Waals surface area (Å²) in [4.78, 5) is 0. The molecule has 0 spiro atoms. The number of benzene rings is 1. The number of nitrogens with two attached hydrogens (primary N) is 1. The highest BCUT2D eigenvalue weighted by Crippen LogP contribution is 2.27. The van der Waals surface area contributed by atoms with Crippen LogP contribution in [0.1, 0.15) is 22.4 Å². The van der Waals surface area contributed by atoms with Crippen LogP contribution in [-0.2, 0) is 0 Å². The van der Waals surface area contributed by atoms with Gasteiger partial charge in [-0.3, -0.25) is 5.41 Å². The molecule has 2 rings (SSSR count). The SMILES string of the molecule is Cc1ccccc1Oc1nnc(C)c(C)c1C(=N)N. The first-order chi connectivity index (χ1) is 9.00. The number of hydrogen-bond acceptors (Lipinski definition) is 4. The van der Waals surface area contributed by atoms with Crippen molar-refractivity contribution in [3.8, 4) is 11.6 Å². The van der Waals surface area contributed by atoms with E-state index in [-0.39, 0.29) is 11.7 Å². The predicted octanol–water partition coefficient (Wildman–Crippen LogP) is 2.48. The predicted molar refractivity (Wildman–Crippen MR) is 73.8 cm³/mol. The van der Waals surface area contributed by atoms with Gasteiger partial charge in [-0.1, -0.05) is 18.2 Å². The van der Waals surface area contributed by atoms with Crippen LogP contribution in [-0.4, -0.2) is 16.0 Å². The third-order valence-corrected chi connectivity index (χ3v) is 2.99. The standard InChI is InChI=1S/C14H16N4O/c1-8-6-4-5-7-11(8)19-14-12(13(15)16)9(2)10(3)17-18-14/h4-7H,1-3H3,(H3,15,16). The van der Waals surface area contributed by atoms with Gasteiger partial charge in [0.25, 0.3) is 0 Å². The van der Waals surface area contributed by atoms with Crippen LogP contribution in [0.3, 0.4) is 0 Å². The van der Waals surface area contributed by atoms with Crippen molar-refractivity contribution in [1.29, 1.82) is 5.41 Å². The van der Waals surface area contributed by atoms with E-state index in [4.69, 9.17) is 15.9 Å². The Morgan fingerprint density at radius 3 is 2.47 bits per heavy atom. The molecule has 0 saturated carbocycles. The quantitative estimate of drug-likeness (QED) is 0.652. The van der Waals surface area contributed by atoms with Gasteiger partial charge in [0.1, 0.15) is 11.6 Å². The summed E-state index contributed by atoms with van der Waals surface area (Å²) in [6.07, 6.45) is 0. The topological polar surface area (TPSA) is 84.9 Å². The fourth-order valence-corrected chi connectivity index (χ4v) is 1.75. The van der Waals surface area contributed by atoms with Gasteiger partial charge >= 0.3 is 0 Å². The lowest BCUT2D eigenvalue weighted by atomic mass is 10.1. The number of aryl methyl sites for hydroxylation is 2.